The predicted octanol–water partition coefficient (Wildman–Crippen LogP) is 5.42. The second-order valence-corrected chi connectivity index (χ2v) is 3.77. The summed E-state index contributed by atoms with van der Waals surface area (Å²) in [6.07, 6.45) is 8.76. The molecule has 13 heavy (non-hydrogen) atoms. The van der Waals surface area contributed by atoms with Gasteiger partial charge in [-0.3, -0.25) is 0 Å². The van der Waals surface area contributed by atoms with Gasteiger partial charge in [-0.15, -0.1) is 0 Å². The van der Waals surface area contributed by atoms with Crippen LogP contribution in [-0.4, -0.2) is 0 Å². The molecule has 82 valence electrons. The Morgan fingerprint density at radius 2 is 1.31 bits per heavy atom. The Kier molecular flexibility index (Phi) is 12.0. The molecule has 1 aliphatic carbocycles. The molecule has 0 N–H and O–H groups in total. The first-order valence-corrected chi connectivity index (χ1v) is 6.27. The third-order valence-corrected chi connectivity index (χ3v) is 2.66. The van der Waals surface area contributed by atoms with E-state index >= 15 is 0 Å². The molecular formula is C13H30. The summed E-state index contributed by atoms with van der Waals surface area (Å²) in [5.41, 5.74) is 0.745. The molecule has 0 bridgehead atoms. The summed E-state index contributed by atoms with van der Waals surface area (Å²) in [6, 6.07) is 0. The van der Waals surface area contributed by atoms with Crippen molar-refractivity contribution in [1.29, 1.82) is 0 Å². The highest BCUT2D eigenvalue weighted by Crippen LogP contribution is 2.40. The Morgan fingerprint density at radius 3 is 1.62 bits per heavy atom. The molecule has 1 saturated carbocycles. The Bertz CT molecular complexity index is 78.0. The molecule has 0 saturated heterocycles. The van der Waals surface area contributed by atoms with Gasteiger partial charge in [-0.2, -0.15) is 0 Å². The Labute approximate surface area is 86.1 Å². The monoisotopic (exact) mass is 186 g/mol. The van der Waals surface area contributed by atoms with Crippen molar-refractivity contribution in [2.75, 3.05) is 0 Å². The van der Waals surface area contributed by atoms with Crippen molar-refractivity contribution >= 4 is 0 Å². The second-order valence-electron chi connectivity index (χ2n) is 3.77. The molecule has 0 heteroatoms. The van der Waals surface area contributed by atoms with E-state index in [1.54, 1.807) is 0 Å². The summed E-state index contributed by atoms with van der Waals surface area (Å²) < 4.78 is 0. The molecule has 1 rings (SSSR count). The summed E-state index contributed by atoms with van der Waals surface area (Å²) in [5, 5.41) is 0. The van der Waals surface area contributed by atoms with Gasteiger partial charge in [-0.05, 0) is 24.7 Å². The average molecular weight is 186 g/mol. The van der Waals surface area contributed by atoms with Gasteiger partial charge >= 0.3 is 0 Å². The van der Waals surface area contributed by atoms with E-state index in [1.165, 1.54) is 38.5 Å². The summed E-state index contributed by atoms with van der Waals surface area (Å²) in [6.45, 7) is 12.7. The van der Waals surface area contributed by atoms with Gasteiger partial charge in [0.05, 0.1) is 0 Å². The first-order chi connectivity index (χ1) is 6.27. The van der Waals surface area contributed by atoms with Crippen LogP contribution in [0.5, 0.6) is 0 Å². The lowest BCUT2D eigenvalue weighted by atomic mass is 9.84. The Balaban J connectivity index is 0. The standard InChI is InChI=1S/C9H18.2C2H6/c1-3-6-9(2)7-4-5-8-9;2*1-2/h3-8H2,1-2H3;2*1-2H3. The van der Waals surface area contributed by atoms with Crippen molar-refractivity contribution in [3.05, 3.63) is 0 Å². The maximum absolute atomic E-state index is 2.45. The van der Waals surface area contributed by atoms with Crippen LogP contribution < -0.4 is 0 Å². The number of rotatable bonds is 2. The minimum atomic E-state index is 0.745. The molecule has 0 nitrogen and oxygen atoms in total. The van der Waals surface area contributed by atoms with E-state index < -0.39 is 0 Å². The molecule has 1 aliphatic rings. The third kappa shape index (κ3) is 7.10. The lowest BCUT2D eigenvalue weighted by molar-refractivity contribution is 0.305. The zero-order valence-corrected chi connectivity index (χ0v) is 10.7. The van der Waals surface area contributed by atoms with Crippen LogP contribution in [0.15, 0.2) is 0 Å². The molecule has 0 heterocycles. The summed E-state index contributed by atoms with van der Waals surface area (Å²) >= 11 is 0. The normalized spacial score (nSPS) is 18.0. The molecule has 0 aromatic heterocycles. The fourth-order valence-electron chi connectivity index (χ4n) is 2.08. The Morgan fingerprint density at radius 1 is 0.923 bits per heavy atom. The van der Waals surface area contributed by atoms with Crippen molar-refractivity contribution < 1.29 is 0 Å². The average Bonchev–Trinajstić information content (AvgIpc) is 2.60. The Hall–Kier alpha value is 0. The van der Waals surface area contributed by atoms with Crippen LogP contribution in [0.2, 0.25) is 0 Å². The van der Waals surface area contributed by atoms with Crippen molar-refractivity contribution in [2.45, 2.75) is 80.1 Å². The molecule has 0 aromatic rings. The fourth-order valence-corrected chi connectivity index (χ4v) is 2.08. The molecule has 0 aromatic carbocycles. The summed E-state index contributed by atoms with van der Waals surface area (Å²) in [4.78, 5) is 0. The van der Waals surface area contributed by atoms with E-state index in [1.807, 2.05) is 27.7 Å². The van der Waals surface area contributed by atoms with Gasteiger partial charge in [0.1, 0.15) is 0 Å². The second kappa shape index (κ2) is 10.1. The van der Waals surface area contributed by atoms with Gasteiger partial charge in [-0.25, -0.2) is 0 Å². The van der Waals surface area contributed by atoms with Crippen LogP contribution in [0.1, 0.15) is 80.1 Å². The minimum absolute atomic E-state index is 0.745. The minimum Gasteiger partial charge on any atom is -0.0683 e. The predicted molar refractivity (Wildman–Crippen MR) is 64.2 cm³/mol. The van der Waals surface area contributed by atoms with Gasteiger partial charge < -0.3 is 0 Å². The molecule has 0 radical (unpaired) electrons. The van der Waals surface area contributed by atoms with Crippen LogP contribution in [0, 0.1) is 5.41 Å². The molecule has 0 spiro atoms. The van der Waals surface area contributed by atoms with Gasteiger partial charge in [-0.1, -0.05) is 60.8 Å². The van der Waals surface area contributed by atoms with E-state index in [2.05, 4.69) is 13.8 Å². The largest absolute Gasteiger partial charge is 0.0683 e. The van der Waals surface area contributed by atoms with Crippen molar-refractivity contribution in [1.82, 2.24) is 0 Å². The molecule has 0 aliphatic heterocycles. The van der Waals surface area contributed by atoms with Gasteiger partial charge in [0.25, 0.3) is 0 Å². The zero-order chi connectivity index (χ0) is 10.7. The van der Waals surface area contributed by atoms with Crippen LogP contribution >= 0.6 is 0 Å². The topological polar surface area (TPSA) is 0 Å². The van der Waals surface area contributed by atoms with Crippen molar-refractivity contribution in [3.8, 4) is 0 Å². The van der Waals surface area contributed by atoms with E-state index in [0.29, 0.717) is 0 Å². The highest BCUT2D eigenvalue weighted by atomic mass is 14.3. The maximum atomic E-state index is 2.45. The van der Waals surface area contributed by atoms with Crippen LogP contribution in [-0.2, 0) is 0 Å². The summed E-state index contributed by atoms with van der Waals surface area (Å²) in [5.74, 6) is 0. The third-order valence-electron chi connectivity index (χ3n) is 2.66. The lowest BCUT2D eigenvalue weighted by Gasteiger charge is -2.21. The molecular weight excluding hydrogens is 156 g/mol. The van der Waals surface area contributed by atoms with E-state index in [4.69, 9.17) is 0 Å². The zero-order valence-electron chi connectivity index (χ0n) is 10.7. The first-order valence-electron chi connectivity index (χ1n) is 6.27. The van der Waals surface area contributed by atoms with E-state index in [-0.39, 0.29) is 0 Å². The van der Waals surface area contributed by atoms with Crippen molar-refractivity contribution in [3.63, 3.8) is 0 Å². The maximum Gasteiger partial charge on any atom is -0.0326 e. The van der Waals surface area contributed by atoms with E-state index in [0.717, 1.165) is 5.41 Å². The molecule has 0 unspecified atom stereocenters. The van der Waals surface area contributed by atoms with Gasteiger partial charge in [0, 0.05) is 0 Å². The lowest BCUT2D eigenvalue weighted by Crippen LogP contribution is -2.09. The SMILES string of the molecule is CC.CC.CCCC1(C)CCCC1. The highest BCUT2D eigenvalue weighted by molar-refractivity contribution is 4.79. The van der Waals surface area contributed by atoms with Crippen molar-refractivity contribution in [2.24, 2.45) is 5.41 Å². The first kappa shape index (κ1) is 15.5. The van der Waals surface area contributed by atoms with Crippen LogP contribution in [0.4, 0.5) is 0 Å². The van der Waals surface area contributed by atoms with Crippen LogP contribution in [0.3, 0.4) is 0 Å². The highest BCUT2D eigenvalue weighted by Gasteiger charge is 2.26. The van der Waals surface area contributed by atoms with Gasteiger partial charge in [0.15, 0.2) is 0 Å². The smallest absolute Gasteiger partial charge is 0.0326 e. The number of hydrogen-bond donors (Lipinski definition) is 0. The molecule has 1 fully saturated rings. The van der Waals surface area contributed by atoms with E-state index in [9.17, 15) is 0 Å². The van der Waals surface area contributed by atoms with Crippen LogP contribution in [0.25, 0.3) is 0 Å². The summed E-state index contributed by atoms with van der Waals surface area (Å²) in [7, 11) is 0. The number of hydrogen-bond acceptors (Lipinski definition) is 0. The molecule has 0 amide bonds. The quantitative estimate of drug-likeness (QED) is 0.540. The fraction of sp³-hybridized carbons (Fsp3) is 1.00. The van der Waals surface area contributed by atoms with Gasteiger partial charge in [0.2, 0.25) is 0 Å². The molecule has 0 atom stereocenters.